The molecule has 1 aliphatic carbocycles. The smallest absolute Gasteiger partial charge is 0.0607 e. The summed E-state index contributed by atoms with van der Waals surface area (Å²) in [5.74, 6) is 1.55. The molecule has 0 radical (unpaired) electrons. The highest BCUT2D eigenvalue weighted by Gasteiger charge is 2.25. The van der Waals surface area contributed by atoms with E-state index in [0.29, 0.717) is 6.04 Å². The first-order chi connectivity index (χ1) is 7.17. The van der Waals surface area contributed by atoms with Gasteiger partial charge in [-0.1, -0.05) is 26.7 Å². The third kappa shape index (κ3) is 4.09. The summed E-state index contributed by atoms with van der Waals surface area (Å²) < 4.78 is 0. The Bertz CT molecular complexity index is 167. The van der Waals surface area contributed by atoms with Crippen molar-refractivity contribution in [2.45, 2.75) is 51.6 Å². The quantitative estimate of drug-likeness (QED) is 0.645. The Morgan fingerprint density at radius 1 is 1.20 bits per heavy atom. The molecule has 15 heavy (non-hydrogen) atoms. The van der Waals surface area contributed by atoms with E-state index in [9.17, 15) is 0 Å². The van der Waals surface area contributed by atoms with Gasteiger partial charge in [0.25, 0.3) is 0 Å². The summed E-state index contributed by atoms with van der Waals surface area (Å²) in [6, 6.07) is 0.344. The molecule has 0 aromatic rings. The van der Waals surface area contributed by atoms with Crippen LogP contribution in [0.1, 0.15) is 39.5 Å². The van der Waals surface area contributed by atoms with Gasteiger partial charge in [-0.25, -0.2) is 0 Å². The summed E-state index contributed by atoms with van der Waals surface area (Å²) in [4.78, 5) is 0. The molecule has 0 aliphatic heterocycles. The summed E-state index contributed by atoms with van der Waals surface area (Å²) in [5.41, 5.74) is 0. The van der Waals surface area contributed by atoms with Crippen LogP contribution >= 0.6 is 0 Å². The van der Waals surface area contributed by atoms with Crippen molar-refractivity contribution in [1.82, 2.24) is 5.32 Å². The van der Waals surface area contributed by atoms with Crippen molar-refractivity contribution >= 4 is 0 Å². The van der Waals surface area contributed by atoms with Crippen molar-refractivity contribution in [2.75, 3.05) is 13.2 Å². The lowest BCUT2D eigenvalue weighted by Crippen LogP contribution is -2.45. The highest BCUT2D eigenvalue weighted by atomic mass is 16.3. The lowest BCUT2D eigenvalue weighted by atomic mass is 9.79. The van der Waals surface area contributed by atoms with Gasteiger partial charge in [0.1, 0.15) is 0 Å². The zero-order valence-electron chi connectivity index (χ0n) is 9.95. The van der Waals surface area contributed by atoms with Crippen molar-refractivity contribution in [2.24, 2.45) is 11.8 Å². The predicted molar refractivity (Wildman–Crippen MR) is 61.7 cm³/mol. The van der Waals surface area contributed by atoms with Crippen LogP contribution in [0, 0.1) is 11.8 Å². The monoisotopic (exact) mass is 215 g/mol. The summed E-state index contributed by atoms with van der Waals surface area (Å²) in [7, 11) is 0. The van der Waals surface area contributed by atoms with Gasteiger partial charge in [-0.15, -0.1) is 0 Å². The Balaban J connectivity index is 2.35. The molecular weight excluding hydrogens is 190 g/mol. The van der Waals surface area contributed by atoms with E-state index in [-0.39, 0.29) is 19.3 Å². The number of hydrogen-bond donors (Lipinski definition) is 3. The summed E-state index contributed by atoms with van der Waals surface area (Å²) >= 11 is 0. The molecule has 1 aliphatic rings. The number of aliphatic hydroxyl groups excluding tert-OH is 2. The van der Waals surface area contributed by atoms with Crippen LogP contribution in [0.15, 0.2) is 0 Å². The molecule has 3 heteroatoms. The number of rotatable bonds is 5. The molecule has 0 amide bonds. The van der Waals surface area contributed by atoms with E-state index in [0.717, 1.165) is 11.8 Å². The molecule has 0 spiro atoms. The Hall–Kier alpha value is -0.120. The van der Waals surface area contributed by atoms with Crippen LogP contribution < -0.4 is 5.32 Å². The van der Waals surface area contributed by atoms with Crippen molar-refractivity contribution in [3.05, 3.63) is 0 Å². The van der Waals surface area contributed by atoms with Gasteiger partial charge in [-0.3, -0.25) is 0 Å². The average Bonchev–Trinajstić information content (AvgIpc) is 2.26. The number of aliphatic hydroxyl groups is 2. The fourth-order valence-electron chi connectivity index (χ4n) is 2.48. The first kappa shape index (κ1) is 12.9. The second-order valence-corrected chi connectivity index (χ2v) is 5.10. The highest BCUT2D eigenvalue weighted by Crippen LogP contribution is 2.29. The molecular formula is C12H25NO2. The summed E-state index contributed by atoms with van der Waals surface area (Å²) in [5, 5.41) is 21.4. The van der Waals surface area contributed by atoms with E-state index in [1.54, 1.807) is 0 Å². The maximum absolute atomic E-state index is 9.01. The Labute approximate surface area is 92.9 Å². The molecule has 0 saturated heterocycles. The van der Waals surface area contributed by atoms with Gasteiger partial charge < -0.3 is 15.5 Å². The first-order valence-corrected chi connectivity index (χ1v) is 6.15. The Kier molecular flexibility index (Phi) is 5.58. The van der Waals surface area contributed by atoms with Crippen molar-refractivity contribution in [3.8, 4) is 0 Å². The molecule has 0 heterocycles. The SMILES string of the molecule is CC(C)C1CCCC(NC(CO)CO)C1. The van der Waals surface area contributed by atoms with Gasteiger partial charge in [0.05, 0.1) is 19.3 Å². The van der Waals surface area contributed by atoms with Gasteiger partial charge in [0.15, 0.2) is 0 Å². The Morgan fingerprint density at radius 2 is 1.87 bits per heavy atom. The lowest BCUT2D eigenvalue weighted by molar-refractivity contribution is 0.141. The number of nitrogens with one attached hydrogen (secondary N) is 1. The second kappa shape index (κ2) is 6.46. The van der Waals surface area contributed by atoms with Crippen molar-refractivity contribution < 1.29 is 10.2 Å². The van der Waals surface area contributed by atoms with E-state index in [2.05, 4.69) is 19.2 Å². The normalized spacial score (nSPS) is 27.6. The topological polar surface area (TPSA) is 52.5 Å². The van der Waals surface area contributed by atoms with Crippen LogP contribution in [0.4, 0.5) is 0 Å². The van der Waals surface area contributed by atoms with Crippen LogP contribution in [0.25, 0.3) is 0 Å². The fraction of sp³-hybridized carbons (Fsp3) is 1.00. The molecule has 3 nitrogen and oxygen atoms in total. The Morgan fingerprint density at radius 3 is 2.40 bits per heavy atom. The van der Waals surface area contributed by atoms with Crippen LogP contribution in [0.3, 0.4) is 0 Å². The molecule has 0 bridgehead atoms. The summed E-state index contributed by atoms with van der Waals surface area (Å²) in [6.07, 6.45) is 4.97. The minimum atomic E-state index is -0.138. The largest absolute Gasteiger partial charge is 0.395 e. The minimum Gasteiger partial charge on any atom is -0.395 e. The van der Waals surface area contributed by atoms with E-state index < -0.39 is 0 Å². The van der Waals surface area contributed by atoms with E-state index >= 15 is 0 Å². The maximum Gasteiger partial charge on any atom is 0.0607 e. The second-order valence-electron chi connectivity index (χ2n) is 5.10. The van der Waals surface area contributed by atoms with Gasteiger partial charge in [0, 0.05) is 6.04 Å². The molecule has 90 valence electrons. The van der Waals surface area contributed by atoms with E-state index in [1.807, 2.05) is 0 Å². The molecule has 3 N–H and O–H groups in total. The van der Waals surface area contributed by atoms with Crippen LogP contribution in [0.2, 0.25) is 0 Å². The van der Waals surface area contributed by atoms with Crippen molar-refractivity contribution in [3.63, 3.8) is 0 Å². The molecule has 0 aromatic heterocycles. The van der Waals surface area contributed by atoms with Crippen molar-refractivity contribution in [1.29, 1.82) is 0 Å². The van der Waals surface area contributed by atoms with Gasteiger partial charge in [0.2, 0.25) is 0 Å². The molecule has 2 atom stereocenters. The zero-order valence-corrected chi connectivity index (χ0v) is 9.95. The van der Waals surface area contributed by atoms with Crippen LogP contribution in [-0.4, -0.2) is 35.5 Å². The van der Waals surface area contributed by atoms with Gasteiger partial charge in [-0.05, 0) is 24.7 Å². The molecule has 2 unspecified atom stereocenters. The fourth-order valence-corrected chi connectivity index (χ4v) is 2.48. The average molecular weight is 215 g/mol. The lowest BCUT2D eigenvalue weighted by Gasteiger charge is -2.33. The highest BCUT2D eigenvalue weighted by molar-refractivity contribution is 4.82. The third-order valence-electron chi connectivity index (χ3n) is 3.57. The molecule has 1 rings (SSSR count). The van der Waals surface area contributed by atoms with E-state index in [4.69, 9.17) is 10.2 Å². The number of hydrogen-bond acceptors (Lipinski definition) is 3. The first-order valence-electron chi connectivity index (χ1n) is 6.15. The van der Waals surface area contributed by atoms with Crippen LogP contribution in [-0.2, 0) is 0 Å². The van der Waals surface area contributed by atoms with E-state index in [1.165, 1.54) is 25.7 Å². The third-order valence-corrected chi connectivity index (χ3v) is 3.57. The minimum absolute atomic E-state index is 0.0271. The summed E-state index contributed by atoms with van der Waals surface area (Å²) in [6.45, 7) is 4.62. The van der Waals surface area contributed by atoms with Crippen LogP contribution in [0.5, 0.6) is 0 Å². The zero-order chi connectivity index (χ0) is 11.3. The van der Waals surface area contributed by atoms with Gasteiger partial charge >= 0.3 is 0 Å². The molecule has 1 fully saturated rings. The van der Waals surface area contributed by atoms with Gasteiger partial charge in [-0.2, -0.15) is 0 Å². The molecule has 0 aromatic carbocycles. The molecule has 1 saturated carbocycles. The standard InChI is InChI=1S/C12H25NO2/c1-9(2)10-4-3-5-11(6-10)13-12(7-14)8-15/h9-15H,3-8H2,1-2H3. The maximum atomic E-state index is 9.01. The predicted octanol–water partition coefficient (Wildman–Crippen LogP) is 1.14.